The van der Waals surface area contributed by atoms with Gasteiger partial charge in [0.1, 0.15) is 6.61 Å². The molecule has 0 spiro atoms. The topological polar surface area (TPSA) is 55.4 Å². The summed E-state index contributed by atoms with van der Waals surface area (Å²) in [5.74, 6) is -0.710. The first-order valence-corrected chi connectivity index (χ1v) is 10.5. The van der Waals surface area contributed by atoms with Crippen molar-refractivity contribution in [2.45, 2.75) is 38.7 Å². The van der Waals surface area contributed by atoms with Crippen LogP contribution >= 0.6 is 15.9 Å². The molecule has 1 atom stereocenters. The van der Waals surface area contributed by atoms with Crippen molar-refractivity contribution >= 4 is 27.7 Å². The van der Waals surface area contributed by atoms with Gasteiger partial charge in [-0.05, 0) is 43.0 Å². The van der Waals surface area contributed by atoms with Crippen molar-refractivity contribution in [1.29, 1.82) is 0 Å². The summed E-state index contributed by atoms with van der Waals surface area (Å²) in [4.78, 5) is 26.0. The van der Waals surface area contributed by atoms with E-state index in [9.17, 15) is 9.59 Å². The highest BCUT2D eigenvalue weighted by Gasteiger charge is 2.39. The van der Waals surface area contributed by atoms with E-state index < -0.39 is 11.9 Å². The largest absolute Gasteiger partial charge is 0.457 e. The average molecular weight is 452 g/mol. The number of halogens is 1. The van der Waals surface area contributed by atoms with Crippen molar-refractivity contribution in [3.63, 3.8) is 0 Å². The van der Waals surface area contributed by atoms with Gasteiger partial charge in [0.05, 0.1) is 5.57 Å². The van der Waals surface area contributed by atoms with Crippen molar-refractivity contribution in [3.8, 4) is 0 Å². The molecule has 0 unspecified atom stereocenters. The Balaban J connectivity index is 1.72. The van der Waals surface area contributed by atoms with Crippen molar-refractivity contribution in [3.05, 3.63) is 92.7 Å². The minimum Gasteiger partial charge on any atom is -0.457 e. The van der Waals surface area contributed by atoms with Gasteiger partial charge in [-0.15, -0.1) is 0 Å². The molecule has 0 saturated heterocycles. The SMILES string of the molecule is CC1=C(C(=O)OCc2ccccc2)[C@@H](c2cccc(Br)c2)C2=C(CCCC2=O)N1. The molecular weight excluding hydrogens is 430 g/mol. The molecule has 0 aromatic heterocycles. The number of dihydropyridines is 1. The van der Waals surface area contributed by atoms with Crippen LogP contribution in [0.3, 0.4) is 0 Å². The lowest BCUT2D eigenvalue weighted by atomic mass is 9.75. The van der Waals surface area contributed by atoms with Gasteiger partial charge in [0.15, 0.2) is 5.78 Å². The lowest BCUT2D eigenvalue weighted by Crippen LogP contribution is -2.34. The second kappa shape index (κ2) is 8.37. The maximum atomic E-state index is 13.2. The molecule has 0 fully saturated rings. The molecule has 0 amide bonds. The fraction of sp³-hybridized carbons (Fsp3) is 0.250. The summed E-state index contributed by atoms with van der Waals surface area (Å²) in [6, 6.07) is 17.4. The number of rotatable bonds is 4. The summed E-state index contributed by atoms with van der Waals surface area (Å²) < 4.78 is 6.56. The minimum absolute atomic E-state index is 0.101. The van der Waals surface area contributed by atoms with Gasteiger partial charge in [0.2, 0.25) is 0 Å². The van der Waals surface area contributed by atoms with E-state index in [0.29, 0.717) is 17.6 Å². The molecule has 4 rings (SSSR count). The summed E-state index contributed by atoms with van der Waals surface area (Å²) in [6.07, 6.45) is 2.16. The first-order valence-electron chi connectivity index (χ1n) is 9.75. The van der Waals surface area contributed by atoms with Crippen LogP contribution in [0.2, 0.25) is 0 Å². The quantitative estimate of drug-likeness (QED) is 0.652. The van der Waals surface area contributed by atoms with Crippen molar-refractivity contribution in [2.75, 3.05) is 0 Å². The van der Waals surface area contributed by atoms with Gasteiger partial charge < -0.3 is 10.1 Å². The molecule has 4 nitrogen and oxygen atoms in total. The van der Waals surface area contributed by atoms with Gasteiger partial charge in [-0.1, -0.05) is 58.4 Å². The summed E-state index contributed by atoms with van der Waals surface area (Å²) in [5, 5.41) is 3.32. The van der Waals surface area contributed by atoms with Gasteiger partial charge in [-0.2, -0.15) is 0 Å². The molecule has 0 saturated carbocycles. The van der Waals surface area contributed by atoms with E-state index in [1.807, 2.05) is 61.5 Å². The van der Waals surface area contributed by atoms with Crippen LogP contribution < -0.4 is 5.32 Å². The number of hydrogen-bond donors (Lipinski definition) is 1. The highest BCUT2D eigenvalue weighted by atomic mass is 79.9. The van der Waals surface area contributed by atoms with Crippen molar-refractivity contribution in [2.24, 2.45) is 0 Å². The van der Waals surface area contributed by atoms with E-state index >= 15 is 0 Å². The summed E-state index contributed by atoms with van der Waals surface area (Å²) in [5.41, 5.74) is 4.73. The standard InChI is InChI=1S/C24H22BrNO3/c1-15-21(24(28)29-14-16-7-3-2-4-8-16)22(17-9-5-10-18(25)13-17)23-19(26-15)11-6-12-20(23)27/h2-5,7-10,13,22,26H,6,11-12,14H2,1H3/t22-/m1/s1. The van der Waals surface area contributed by atoms with Crippen LogP contribution in [-0.2, 0) is 20.9 Å². The maximum absolute atomic E-state index is 13.2. The second-order valence-corrected chi connectivity index (χ2v) is 8.30. The third-order valence-electron chi connectivity index (χ3n) is 5.39. The lowest BCUT2D eigenvalue weighted by molar-refractivity contribution is -0.140. The Labute approximate surface area is 178 Å². The fourth-order valence-corrected chi connectivity index (χ4v) is 4.49. The number of nitrogens with one attached hydrogen (secondary N) is 1. The molecule has 2 aromatic rings. The first kappa shape index (κ1) is 19.6. The Morgan fingerprint density at radius 2 is 1.93 bits per heavy atom. The Morgan fingerprint density at radius 1 is 1.14 bits per heavy atom. The first-order chi connectivity index (χ1) is 14.0. The van der Waals surface area contributed by atoms with E-state index in [-0.39, 0.29) is 12.4 Å². The zero-order valence-corrected chi connectivity index (χ0v) is 17.8. The maximum Gasteiger partial charge on any atom is 0.337 e. The fourth-order valence-electron chi connectivity index (χ4n) is 4.07. The summed E-state index contributed by atoms with van der Waals surface area (Å²) >= 11 is 3.52. The number of allylic oxidation sites excluding steroid dienone is 3. The van der Waals surface area contributed by atoms with Crippen LogP contribution in [0.15, 0.2) is 81.6 Å². The Bertz CT molecular complexity index is 1020. The number of ketones is 1. The number of Topliss-reactive ketones (excluding diaryl/α,β-unsaturated/α-hetero) is 1. The van der Waals surface area contributed by atoms with Crippen LogP contribution in [-0.4, -0.2) is 11.8 Å². The molecule has 2 aliphatic rings. The predicted octanol–water partition coefficient (Wildman–Crippen LogP) is 5.16. The molecule has 5 heteroatoms. The molecule has 2 aromatic carbocycles. The summed E-state index contributed by atoms with van der Waals surface area (Å²) in [7, 11) is 0. The predicted molar refractivity (Wildman–Crippen MR) is 115 cm³/mol. The third kappa shape index (κ3) is 4.06. The highest BCUT2D eigenvalue weighted by molar-refractivity contribution is 9.10. The van der Waals surface area contributed by atoms with E-state index in [4.69, 9.17) is 4.74 Å². The molecule has 1 heterocycles. The minimum atomic E-state index is -0.417. The normalized spacial score (nSPS) is 19.0. The van der Waals surface area contributed by atoms with Gasteiger partial charge in [0, 0.05) is 33.8 Å². The van der Waals surface area contributed by atoms with Gasteiger partial charge in [-0.3, -0.25) is 4.79 Å². The van der Waals surface area contributed by atoms with E-state index in [1.165, 1.54) is 0 Å². The average Bonchev–Trinajstić information content (AvgIpc) is 2.72. The van der Waals surface area contributed by atoms with E-state index in [2.05, 4.69) is 21.2 Å². The molecule has 0 radical (unpaired) electrons. The molecular formula is C24H22BrNO3. The Morgan fingerprint density at radius 3 is 2.69 bits per heavy atom. The molecule has 148 valence electrons. The van der Waals surface area contributed by atoms with Crippen LogP contribution in [0.25, 0.3) is 0 Å². The van der Waals surface area contributed by atoms with Gasteiger partial charge in [0.25, 0.3) is 0 Å². The highest BCUT2D eigenvalue weighted by Crippen LogP contribution is 2.43. The number of esters is 1. The Hall–Kier alpha value is -2.66. The molecule has 0 bridgehead atoms. The zero-order chi connectivity index (χ0) is 20.4. The number of carbonyl (C=O) groups is 2. The number of hydrogen-bond acceptors (Lipinski definition) is 4. The monoisotopic (exact) mass is 451 g/mol. The summed E-state index contributed by atoms with van der Waals surface area (Å²) in [6.45, 7) is 2.08. The van der Waals surface area contributed by atoms with Crippen molar-refractivity contribution < 1.29 is 14.3 Å². The second-order valence-electron chi connectivity index (χ2n) is 7.38. The van der Waals surface area contributed by atoms with Gasteiger partial charge >= 0.3 is 5.97 Å². The molecule has 1 aliphatic heterocycles. The van der Waals surface area contributed by atoms with Crippen LogP contribution in [0.1, 0.15) is 43.2 Å². The molecule has 29 heavy (non-hydrogen) atoms. The molecule has 1 aliphatic carbocycles. The number of carbonyl (C=O) groups excluding carboxylic acids is 2. The smallest absolute Gasteiger partial charge is 0.337 e. The third-order valence-corrected chi connectivity index (χ3v) is 5.88. The van der Waals surface area contributed by atoms with Crippen LogP contribution in [0.4, 0.5) is 0 Å². The van der Waals surface area contributed by atoms with E-state index in [1.54, 1.807) is 0 Å². The lowest BCUT2D eigenvalue weighted by Gasteiger charge is -2.34. The van der Waals surface area contributed by atoms with Gasteiger partial charge in [-0.25, -0.2) is 4.79 Å². The van der Waals surface area contributed by atoms with Crippen molar-refractivity contribution in [1.82, 2.24) is 5.32 Å². The van der Waals surface area contributed by atoms with Crippen LogP contribution in [0, 0.1) is 0 Å². The van der Waals surface area contributed by atoms with Crippen LogP contribution in [0.5, 0.6) is 0 Å². The zero-order valence-electron chi connectivity index (χ0n) is 16.2. The Kier molecular flexibility index (Phi) is 5.67. The van der Waals surface area contributed by atoms with E-state index in [0.717, 1.165) is 39.8 Å². The number of benzene rings is 2. The number of ether oxygens (including phenoxy) is 1. The molecule has 1 N–H and O–H groups in total.